The first-order chi connectivity index (χ1) is 16.1. The molecule has 1 aliphatic heterocycles. The zero-order valence-electron chi connectivity index (χ0n) is 20.3. The zero-order valence-corrected chi connectivity index (χ0v) is 21.1. The SMILES string of the molecule is Cc1ccc(C(=O)N2CCC(NC(=O)C3(S(=O)(=O)c4cc(C)ccc4C)CCCC3)CC2)cc1. The number of carbonyl (C=O) groups excluding carboxylic acids is 2. The van der Waals surface area contributed by atoms with Crippen LogP contribution in [0.15, 0.2) is 47.4 Å². The third kappa shape index (κ3) is 4.50. The Balaban J connectivity index is 1.46. The van der Waals surface area contributed by atoms with Crippen molar-refractivity contribution in [2.45, 2.75) is 75.0 Å². The molecule has 2 aromatic carbocycles. The highest BCUT2D eigenvalue weighted by molar-refractivity contribution is 7.93. The van der Waals surface area contributed by atoms with Gasteiger partial charge in [-0.05, 0) is 75.8 Å². The molecule has 0 spiro atoms. The number of sulfone groups is 1. The van der Waals surface area contributed by atoms with Gasteiger partial charge in [0.15, 0.2) is 14.6 Å². The molecule has 1 heterocycles. The van der Waals surface area contributed by atoms with E-state index in [4.69, 9.17) is 0 Å². The van der Waals surface area contributed by atoms with E-state index in [0.29, 0.717) is 49.9 Å². The number of benzene rings is 2. The fourth-order valence-electron chi connectivity index (χ4n) is 5.19. The highest BCUT2D eigenvalue weighted by Crippen LogP contribution is 2.42. The van der Waals surface area contributed by atoms with E-state index in [2.05, 4.69) is 5.32 Å². The predicted molar refractivity (Wildman–Crippen MR) is 133 cm³/mol. The molecule has 0 aromatic heterocycles. The standard InChI is InChI=1S/C27H34N2O4S/c1-19-7-10-22(11-8-19)25(30)29-16-12-23(13-17-29)28-26(31)27(14-4-5-15-27)34(32,33)24-18-20(2)6-9-21(24)3/h6-11,18,23H,4-5,12-17H2,1-3H3,(H,28,31). The second-order valence-corrected chi connectivity index (χ2v) is 12.1. The highest BCUT2D eigenvalue weighted by Gasteiger charge is 2.53. The molecule has 2 aromatic rings. The van der Waals surface area contributed by atoms with Crippen LogP contribution in [0.3, 0.4) is 0 Å². The molecule has 0 radical (unpaired) electrons. The molecule has 4 rings (SSSR count). The number of likely N-dealkylation sites (tertiary alicyclic amines) is 1. The maximum Gasteiger partial charge on any atom is 0.253 e. The Morgan fingerprint density at radius 2 is 1.50 bits per heavy atom. The van der Waals surface area contributed by atoms with E-state index in [9.17, 15) is 18.0 Å². The van der Waals surface area contributed by atoms with Crippen LogP contribution in [0.4, 0.5) is 0 Å². The Morgan fingerprint density at radius 1 is 0.912 bits per heavy atom. The van der Waals surface area contributed by atoms with E-state index in [1.807, 2.05) is 55.1 Å². The van der Waals surface area contributed by atoms with Crippen molar-refractivity contribution in [2.75, 3.05) is 13.1 Å². The Hall–Kier alpha value is -2.67. The molecule has 6 nitrogen and oxygen atoms in total. The Bertz CT molecular complexity index is 1170. The van der Waals surface area contributed by atoms with Crippen LogP contribution in [0, 0.1) is 20.8 Å². The Morgan fingerprint density at radius 3 is 2.12 bits per heavy atom. The molecule has 182 valence electrons. The number of piperidine rings is 1. The highest BCUT2D eigenvalue weighted by atomic mass is 32.2. The molecule has 0 unspecified atom stereocenters. The normalized spacial score (nSPS) is 18.6. The molecule has 1 saturated carbocycles. The number of rotatable bonds is 5. The summed E-state index contributed by atoms with van der Waals surface area (Å²) in [4.78, 5) is 28.4. The summed E-state index contributed by atoms with van der Waals surface area (Å²) in [6.45, 7) is 6.71. The first-order valence-corrected chi connectivity index (χ1v) is 13.6. The van der Waals surface area contributed by atoms with Crippen LogP contribution >= 0.6 is 0 Å². The van der Waals surface area contributed by atoms with Crippen LogP contribution in [0.2, 0.25) is 0 Å². The quantitative estimate of drug-likeness (QED) is 0.695. The summed E-state index contributed by atoms with van der Waals surface area (Å²) < 4.78 is 26.2. The maximum atomic E-state index is 13.8. The molecule has 0 bridgehead atoms. The third-order valence-corrected chi connectivity index (χ3v) is 10.0. The van der Waals surface area contributed by atoms with Crippen molar-refractivity contribution in [3.8, 4) is 0 Å². The van der Waals surface area contributed by atoms with Crippen molar-refractivity contribution in [3.05, 3.63) is 64.7 Å². The van der Waals surface area contributed by atoms with Gasteiger partial charge in [-0.25, -0.2) is 8.42 Å². The number of amides is 2. The fourth-order valence-corrected chi connectivity index (χ4v) is 7.58. The van der Waals surface area contributed by atoms with E-state index in [0.717, 1.165) is 24.0 Å². The number of hydrogen-bond acceptors (Lipinski definition) is 4. The van der Waals surface area contributed by atoms with Gasteiger partial charge >= 0.3 is 0 Å². The average Bonchev–Trinajstić information content (AvgIpc) is 3.33. The summed E-state index contributed by atoms with van der Waals surface area (Å²) in [5, 5.41) is 3.06. The lowest BCUT2D eigenvalue weighted by atomic mass is 10.0. The van der Waals surface area contributed by atoms with Crippen LogP contribution < -0.4 is 5.32 Å². The van der Waals surface area contributed by atoms with E-state index in [1.165, 1.54) is 0 Å². The van der Waals surface area contributed by atoms with Crippen molar-refractivity contribution in [1.29, 1.82) is 0 Å². The van der Waals surface area contributed by atoms with Crippen molar-refractivity contribution in [3.63, 3.8) is 0 Å². The van der Waals surface area contributed by atoms with Crippen LogP contribution in [-0.4, -0.2) is 49.0 Å². The van der Waals surface area contributed by atoms with Crippen molar-refractivity contribution in [2.24, 2.45) is 0 Å². The predicted octanol–water partition coefficient (Wildman–Crippen LogP) is 4.12. The maximum absolute atomic E-state index is 13.8. The number of hydrogen-bond donors (Lipinski definition) is 1. The number of carbonyl (C=O) groups is 2. The molecule has 1 saturated heterocycles. The zero-order chi connectivity index (χ0) is 24.5. The molecule has 7 heteroatoms. The monoisotopic (exact) mass is 482 g/mol. The van der Waals surface area contributed by atoms with Gasteiger partial charge < -0.3 is 10.2 Å². The minimum absolute atomic E-state index is 0.00506. The summed E-state index contributed by atoms with van der Waals surface area (Å²) in [5.41, 5.74) is 3.31. The molecule has 2 fully saturated rings. The van der Waals surface area contributed by atoms with Crippen LogP contribution in [0.25, 0.3) is 0 Å². The van der Waals surface area contributed by atoms with Gasteiger partial charge in [0, 0.05) is 24.7 Å². The first kappa shape index (κ1) is 24.5. The lowest BCUT2D eigenvalue weighted by Gasteiger charge is -2.35. The lowest BCUT2D eigenvalue weighted by Crippen LogP contribution is -2.55. The Kier molecular flexibility index (Phi) is 6.85. The van der Waals surface area contributed by atoms with Crippen LogP contribution in [-0.2, 0) is 14.6 Å². The van der Waals surface area contributed by atoms with Crippen molar-refractivity contribution < 1.29 is 18.0 Å². The van der Waals surface area contributed by atoms with Crippen LogP contribution in [0.5, 0.6) is 0 Å². The third-order valence-electron chi connectivity index (χ3n) is 7.39. The van der Waals surface area contributed by atoms with Crippen molar-refractivity contribution in [1.82, 2.24) is 10.2 Å². The molecule has 34 heavy (non-hydrogen) atoms. The molecular formula is C27H34N2O4S. The molecule has 1 N–H and O–H groups in total. The van der Waals surface area contributed by atoms with Gasteiger partial charge in [0.2, 0.25) is 5.91 Å². The van der Waals surface area contributed by atoms with Gasteiger partial charge in [0.25, 0.3) is 5.91 Å². The summed E-state index contributed by atoms with van der Waals surface area (Å²) in [6, 6.07) is 12.8. The van der Waals surface area contributed by atoms with E-state index < -0.39 is 14.6 Å². The smallest absolute Gasteiger partial charge is 0.253 e. The van der Waals surface area contributed by atoms with E-state index >= 15 is 0 Å². The van der Waals surface area contributed by atoms with Gasteiger partial charge in [-0.2, -0.15) is 0 Å². The average molecular weight is 483 g/mol. The summed E-state index contributed by atoms with van der Waals surface area (Å²) in [7, 11) is -3.84. The fraction of sp³-hybridized carbons (Fsp3) is 0.481. The lowest BCUT2D eigenvalue weighted by molar-refractivity contribution is -0.124. The number of nitrogens with one attached hydrogen (secondary N) is 1. The summed E-state index contributed by atoms with van der Waals surface area (Å²) in [6.07, 6.45) is 3.37. The topological polar surface area (TPSA) is 83.6 Å². The molecule has 1 aliphatic carbocycles. The van der Waals surface area contributed by atoms with Gasteiger partial charge in [0.05, 0.1) is 4.90 Å². The second kappa shape index (κ2) is 9.53. The molecule has 2 aliphatic rings. The van der Waals surface area contributed by atoms with E-state index in [-0.39, 0.29) is 22.8 Å². The second-order valence-electron chi connectivity index (χ2n) is 9.88. The van der Waals surface area contributed by atoms with Crippen molar-refractivity contribution >= 4 is 21.7 Å². The molecule has 0 atom stereocenters. The van der Waals surface area contributed by atoms with E-state index in [1.54, 1.807) is 13.0 Å². The largest absolute Gasteiger partial charge is 0.352 e. The minimum atomic E-state index is -3.84. The summed E-state index contributed by atoms with van der Waals surface area (Å²) in [5.74, 6) is -0.385. The molecular weight excluding hydrogens is 448 g/mol. The molecule has 2 amide bonds. The number of nitrogens with zero attached hydrogens (tertiary/aromatic N) is 1. The van der Waals surface area contributed by atoms with Gasteiger partial charge in [-0.15, -0.1) is 0 Å². The summed E-state index contributed by atoms with van der Waals surface area (Å²) >= 11 is 0. The van der Waals surface area contributed by atoms with Gasteiger partial charge in [-0.1, -0.05) is 42.7 Å². The van der Waals surface area contributed by atoms with Gasteiger partial charge in [-0.3, -0.25) is 9.59 Å². The minimum Gasteiger partial charge on any atom is -0.352 e. The first-order valence-electron chi connectivity index (χ1n) is 12.1. The van der Waals surface area contributed by atoms with Gasteiger partial charge in [0.1, 0.15) is 0 Å². The number of aryl methyl sites for hydroxylation is 3. The Labute approximate surface area is 202 Å². The van der Waals surface area contributed by atoms with Crippen LogP contribution in [0.1, 0.15) is 65.6 Å².